The number of hydrogen-bond donors (Lipinski definition) is 0. The Morgan fingerprint density at radius 2 is 1.88 bits per heavy atom. The number of halogens is 2. The number of ketones is 1. The third kappa shape index (κ3) is 3.88. The van der Waals surface area contributed by atoms with E-state index >= 15 is 0 Å². The molecule has 1 aromatic heterocycles. The highest BCUT2D eigenvalue weighted by Gasteiger charge is 2.10. The van der Waals surface area contributed by atoms with Crippen LogP contribution in [0.5, 0.6) is 0 Å². The first-order valence-electron chi connectivity index (χ1n) is 8.59. The van der Waals surface area contributed by atoms with Crippen molar-refractivity contribution in [2.75, 3.05) is 0 Å². The molecule has 3 rings (SSSR count). The van der Waals surface area contributed by atoms with Crippen LogP contribution in [0.4, 0.5) is 4.39 Å². The van der Waals surface area contributed by atoms with E-state index in [1.807, 2.05) is 62.0 Å². The zero-order valence-corrected chi connectivity index (χ0v) is 15.8. The third-order valence-electron chi connectivity index (χ3n) is 4.51. The average Bonchev–Trinajstić information content (AvgIpc) is 2.89. The quantitative estimate of drug-likeness (QED) is 0.548. The Morgan fingerprint density at radius 3 is 2.58 bits per heavy atom. The topological polar surface area (TPSA) is 22.0 Å². The number of Topliss-reactive ketones (excluding diaryl/α,β-unsaturated/α-hetero) is 1. The fourth-order valence-electron chi connectivity index (χ4n) is 2.92. The number of rotatable bonds is 5. The molecule has 0 radical (unpaired) electrons. The lowest BCUT2D eigenvalue weighted by molar-refractivity contribution is -0.121. The standard InChI is InChI=1S/C22H21ClFNO/c1-14(2)22(26)11-15-4-5-16(20(23)10-15)6-7-17-13-25(3)21-12-18(24)8-9-19(17)21/h4-10,12-14H,11H2,1-3H3/b7-6+. The first-order chi connectivity index (χ1) is 12.3. The van der Waals surface area contributed by atoms with Crippen LogP contribution in [0.15, 0.2) is 42.6 Å². The summed E-state index contributed by atoms with van der Waals surface area (Å²) in [5.74, 6) is -0.0271. The largest absolute Gasteiger partial charge is 0.350 e. The molecule has 0 fully saturated rings. The van der Waals surface area contributed by atoms with Crippen LogP contribution in [-0.4, -0.2) is 10.4 Å². The van der Waals surface area contributed by atoms with Gasteiger partial charge in [-0.3, -0.25) is 4.79 Å². The fraction of sp³-hybridized carbons (Fsp3) is 0.227. The first kappa shape index (κ1) is 18.4. The molecule has 2 aromatic carbocycles. The van der Waals surface area contributed by atoms with Crippen LogP contribution in [0.25, 0.3) is 23.1 Å². The van der Waals surface area contributed by atoms with E-state index in [1.165, 1.54) is 12.1 Å². The first-order valence-corrected chi connectivity index (χ1v) is 8.96. The smallest absolute Gasteiger partial charge is 0.139 e. The molecule has 0 N–H and O–H groups in total. The van der Waals surface area contributed by atoms with Crippen molar-refractivity contribution in [3.63, 3.8) is 0 Å². The molecule has 0 aliphatic carbocycles. The number of aryl methyl sites for hydroxylation is 1. The Bertz CT molecular complexity index is 1000. The van der Waals surface area contributed by atoms with E-state index in [4.69, 9.17) is 11.6 Å². The van der Waals surface area contributed by atoms with Gasteiger partial charge < -0.3 is 4.57 Å². The van der Waals surface area contributed by atoms with Gasteiger partial charge in [0.05, 0.1) is 5.52 Å². The third-order valence-corrected chi connectivity index (χ3v) is 4.84. The van der Waals surface area contributed by atoms with Gasteiger partial charge in [-0.25, -0.2) is 4.39 Å². The molecule has 3 aromatic rings. The van der Waals surface area contributed by atoms with Crippen LogP contribution in [0.2, 0.25) is 5.02 Å². The Labute approximate surface area is 157 Å². The van der Waals surface area contributed by atoms with Gasteiger partial charge in [0.1, 0.15) is 11.6 Å². The lowest BCUT2D eigenvalue weighted by Crippen LogP contribution is -2.10. The van der Waals surface area contributed by atoms with Gasteiger partial charge in [0.15, 0.2) is 0 Å². The Kier molecular flexibility index (Phi) is 5.28. The molecule has 0 spiro atoms. The summed E-state index contributed by atoms with van der Waals surface area (Å²) in [6.45, 7) is 3.80. The second kappa shape index (κ2) is 7.46. The van der Waals surface area contributed by atoms with Crippen LogP contribution < -0.4 is 0 Å². The van der Waals surface area contributed by atoms with Crippen molar-refractivity contribution >= 4 is 40.4 Å². The summed E-state index contributed by atoms with van der Waals surface area (Å²) in [6.07, 6.45) is 6.27. The number of nitrogens with zero attached hydrogens (tertiary/aromatic N) is 1. The predicted octanol–water partition coefficient (Wildman–Crippen LogP) is 5.91. The van der Waals surface area contributed by atoms with Gasteiger partial charge in [-0.2, -0.15) is 0 Å². The summed E-state index contributed by atoms with van der Waals surface area (Å²) in [6, 6.07) is 10.5. The molecule has 0 amide bonds. The van der Waals surface area contributed by atoms with Crippen molar-refractivity contribution in [3.8, 4) is 0 Å². The maximum atomic E-state index is 13.4. The zero-order valence-electron chi connectivity index (χ0n) is 15.1. The Morgan fingerprint density at radius 1 is 1.15 bits per heavy atom. The summed E-state index contributed by atoms with van der Waals surface area (Å²) < 4.78 is 15.3. The van der Waals surface area contributed by atoms with E-state index in [-0.39, 0.29) is 17.5 Å². The number of aromatic nitrogens is 1. The number of benzene rings is 2. The van der Waals surface area contributed by atoms with Gasteiger partial charge in [-0.1, -0.05) is 49.7 Å². The number of carbonyl (C=O) groups excluding carboxylic acids is 1. The zero-order chi connectivity index (χ0) is 18.8. The van der Waals surface area contributed by atoms with E-state index in [2.05, 4.69) is 0 Å². The minimum absolute atomic E-state index is 0.0181. The molecule has 0 saturated carbocycles. The summed E-state index contributed by atoms with van der Waals surface area (Å²) in [7, 11) is 1.90. The average molecular weight is 370 g/mol. The summed E-state index contributed by atoms with van der Waals surface area (Å²) in [5, 5.41) is 1.60. The van der Waals surface area contributed by atoms with E-state index < -0.39 is 0 Å². The number of carbonyl (C=O) groups is 1. The van der Waals surface area contributed by atoms with E-state index in [0.29, 0.717) is 11.4 Å². The van der Waals surface area contributed by atoms with Crippen LogP contribution in [0.1, 0.15) is 30.5 Å². The number of fused-ring (bicyclic) bond motifs is 1. The van der Waals surface area contributed by atoms with Crippen molar-refractivity contribution in [2.45, 2.75) is 20.3 Å². The highest BCUT2D eigenvalue weighted by Crippen LogP contribution is 2.25. The molecule has 0 bridgehead atoms. The SMILES string of the molecule is CC(C)C(=O)Cc1ccc(/C=C/c2cn(C)c3cc(F)ccc23)c(Cl)c1. The molecule has 2 nitrogen and oxygen atoms in total. The van der Waals surface area contributed by atoms with E-state index in [0.717, 1.165) is 27.6 Å². The lowest BCUT2D eigenvalue weighted by atomic mass is 10.00. The van der Waals surface area contributed by atoms with E-state index in [9.17, 15) is 9.18 Å². The molecule has 0 unspecified atom stereocenters. The Hall–Kier alpha value is -2.39. The molecular formula is C22H21ClFNO. The van der Waals surface area contributed by atoms with Crippen LogP contribution in [0.3, 0.4) is 0 Å². The molecule has 1 heterocycles. The van der Waals surface area contributed by atoms with Gasteiger partial charge in [0.25, 0.3) is 0 Å². The van der Waals surface area contributed by atoms with Crippen molar-refractivity contribution < 1.29 is 9.18 Å². The van der Waals surface area contributed by atoms with Gasteiger partial charge in [0.2, 0.25) is 0 Å². The van der Waals surface area contributed by atoms with Gasteiger partial charge in [-0.05, 0) is 41.0 Å². The van der Waals surface area contributed by atoms with Crippen molar-refractivity contribution in [1.82, 2.24) is 4.57 Å². The maximum absolute atomic E-state index is 13.4. The van der Waals surface area contributed by atoms with Crippen LogP contribution >= 0.6 is 11.6 Å². The van der Waals surface area contributed by atoms with E-state index in [1.54, 1.807) is 6.07 Å². The second-order valence-electron chi connectivity index (χ2n) is 6.84. The van der Waals surface area contributed by atoms with Crippen molar-refractivity contribution in [3.05, 3.63) is 70.1 Å². The van der Waals surface area contributed by atoms with Crippen molar-refractivity contribution in [2.24, 2.45) is 13.0 Å². The molecule has 4 heteroatoms. The Balaban J connectivity index is 1.86. The normalized spacial score (nSPS) is 11.8. The van der Waals surface area contributed by atoms with Gasteiger partial charge in [0, 0.05) is 36.0 Å². The van der Waals surface area contributed by atoms with Crippen molar-refractivity contribution in [1.29, 1.82) is 0 Å². The van der Waals surface area contributed by atoms with Crippen LogP contribution in [0, 0.1) is 11.7 Å². The molecule has 26 heavy (non-hydrogen) atoms. The molecule has 134 valence electrons. The van der Waals surface area contributed by atoms with Crippen LogP contribution in [-0.2, 0) is 18.3 Å². The molecule has 0 atom stereocenters. The highest BCUT2D eigenvalue weighted by atomic mass is 35.5. The highest BCUT2D eigenvalue weighted by molar-refractivity contribution is 6.32. The fourth-order valence-corrected chi connectivity index (χ4v) is 3.19. The predicted molar refractivity (Wildman–Crippen MR) is 107 cm³/mol. The van der Waals surface area contributed by atoms with Gasteiger partial charge in [-0.15, -0.1) is 0 Å². The molecular weight excluding hydrogens is 349 g/mol. The minimum atomic E-state index is -0.246. The molecule has 0 saturated heterocycles. The summed E-state index contributed by atoms with van der Waals surface area (Å²) in [5.41, 5.74) is 3.65. The molecule has 0 aliphatic heterocycles. The summed E-state index contributed by atoms with van der Waals surface area (Å²) in [4.78, 5) is 11.9. The molecule has 0 aliphatic rings. The van der Waals surface area contributed by atoms with Gasteiger partial charge >= 0.3 is 0 Å². The number of hydrogen-bond acceptors (Lipinski definition) is 1. The second-order valence-corrected chi connectivity index (χ2v) is 7.25. The monoisotopic (exact) mass is 369 g/mol. The maximum Gasteiger partial charge on any atom is 0.139 e. The minimum Gasteiger partial charge on any atom is -0.350 e. The lowest BCUT2D eigenvalue weighted by Gasteiger charge is -2.06. The summed E-state index contributed by atoms with van der Waals surface area (Å²) >= 11 is 6.39.